The number of imidazole rings is 1. The smallest absolute Gasteiger partial charge is 0.271 e. The van der Waals surface area contributed by atoms with Crippen LogP contribution in [0.2, 0.25) is 0 Å². The number of halogens is 1. The number of hydrogen-bond acceptors (Lipinski definition) is 8. The normalized spacial score (nSPS) is 20.8. The Morgan fingerprint density at radius 1 is 0.923 bits per heavy atom. The molecule has 52 heavy (non-hydrogen) atoms. The maximum Gasteiger partial charge on any atom is 0.271 e. The minimum Gasteiger partial charge on any atom is -0.508 e. The van der Waals surface area contributed by atoms with E-state index in [0.717, 1.165) is 53.4 Å². The van der Waals surface area contributed by atoms with Crippen LogP contribution >= 0.6 is 0 Å². The van der Waals surface area contributed by atoms with Crippen LogP contribution in [0.1, 0.15) is 71.6 Å². The second-order valence-electron chi connectivity index (χ2n) is 14.2. The maximum atomic E-state index is 14.4. The minimum atomic E-state index is -0.648. The van der Waals surface area contributed by atoms with Gasteiger partial charge in [-0.2, -0.15) is 0 Å². The van der Waals surface area contributed by atoms with Crippen molar-refractivity contribution in [2.45, 2.75) is 77.2 Å². The Bertz CT molecular complexity index is 2080. The molecule has 2 fully saturated rings. The van der Waals surface area contributed by atoms with E-state index >= 15 is 0 Å². The SMILES string of the molecule is Cc1cccc2nc(C(=O)N[C@H]3CC[C@@H](NC(=O)c4cc(F)cnc4Oc4cccc(-c5ccc(O)c(CN6C[C@@H](C)N[C@@H](C)C6)c5)c4)CC3)cn12. The maximum absolute atomic E-state index is 14.4. The lowest BCUT2D eigenvalue weighted by atomic mass is 9.91. The van der Waals surface area contributed by atoms with E-state index in [2.05, 4.69) is 44.7 Å². The number of pyridine rings is 2. The van der Waals surface area contributed by atoms with E-state index in [1.54, 1.807) is 18.3 Å². The molecule has 2 atom stereocenters. The lowest BCUT2D eigenvalue weighted by molar-refractivity contribution is 0.0888. The van der Waals surface area contributed by atoms with E-state index < -0.39 is 11.7 Å². The van der Waals surface area contributed by atoms with Gasteiger partial charge in [0.15, 0.2) is 0 Å². The van der Waals surface area contributed by atoms with Crippen LogP contribution in [0.15, 0.2) is 79.1 Å². The van der Waals surface area contributed by atoms with Gasteiger partial charge in [-0.05, 0) is 100 Å². The van der Waals surface area contributed by atoms with Crippen LogP contribution in [0, 0.1) is 12.7 Å². The molecule has 270 valence electrons. The number of carbonyl (C=O) groups is 2. The molecule has 0 bridgehead atoms. The number of benzene rings is 2. The number of nitrogens with one attached hydrogen (secondary N) is 3. The van der Waals surface area contributed by atoms with Crippen LogP contribution in [0.3, 0.4) is 0 Å². The van der Waals surface area contributed by atoms with E-state index in [4.69, 9.17) is 4.74 Å². The summed E-state index contributed by atoms with van der Waals surface area (Å²) in [5.74, 6) is -0.680. The molecule has 12 heteroatoms. The van der Waals surface area contributed by atoms with Crippen molar-refractivity contribution in [2.24, 2.45) is 0 Å². The van der Waals surface area contributed by atoms with Gasteiger partial charge >= 0.3 is 0 Å². The summed E-state index contributed by atoms with van der Waals surface area (Å²) in [6, 6.07) is 20.3. The van der Waals surface area contributed by atoms with Crippen LogP contribution in [-0.2, 0) is 6.54 Å². The fraction of sp³-hybridized carbons (Fsp3) is 0.350. The Labute approximate surface area is 302 Å². The van der Waals surface area contributed by atoms with Crippen LogP contribution < -0.4 is 20.7 Å². The standard InChI is InChI=1S/C40H44FN7O4/c1-24-20-47(21-25(2)43-24)22-29-16-28(10-15-36(29)49)27-7-5-8-33(17-27)52-40-34(18-30(41)19-42-40)38(50)44-31-11-13-32(14-12-31)45-39(51)35-23-48-26(3)6-4-9-37(48)46-35/h4-10,15-19,23-25,31-32,43,49H,11-14,20-22H2,1-3H3,(H,44,50)(H,45,51)/t24-,25+,31-,32+. The predicted molar refractivity (Wildman–Crippen MR) is 196 cm³/mol. The summed E-state index contributed by atoms with van der Waals surface area (Å²) in [7, 11) is 0. The van der Waals surface area contributed by atoms with Crippen molar-refractivity contribution < 1.29 is 23.8 Å². The van der Waals surface area contributed by atoms with Crippen molar-refractivity contribution in [3.8, 4) is 28.5 Å². The van der Waals surface area contributed by atoms with Crippen molar-refractivity contribution in [3.05, 3.63) is 107 Å². The van der Waals surface area contributed by atoms with Gasteiger partial charge in [0.2, 0.25) is 5.88 Å². The van der Waals surface area contributed by atoms with Gasteiger partial charge in [0.1, 0.15) is 34.2 Å². The molecule has 1 saturated carbocycles. The average Bonchev–Trinajstić information content (AvgIpc) is 3.57. The van der Waals surface area contributed by atoms with Gasteiger partial charge in [0.05, 0.1) is 6.20 Å². The zero-order chi connectivity index (χ0) is 36.4. The Hall–Kier alpha value is -5.33. The van der Waals surface area contributed by atoms with Crippen LogP contribution in [0.5, 0.6) is 17.4 Å². The zero-order valence-corrected chi connectivity index (χ0v) is 29.6. The molecule has 1 aliphatic carbocycles. The summed E-state index contributed by atoms with van der Waals surface area (Å²) in [6.07, 6.45) is 5.40. The molecule has 4 N–H and O–H groups in total. The molecule has 4 heterocycles. The molecule has 1 saturated heterocycles. The third kappa shape index (κ3) is 8.08. The summed E-state index contributed by atoms with van der Waals surface area (Å²) >= 11 is 0. The van der Waals surface area contributed by atoms with Crippen molar-refractivity contribution >= 4 is 17.5 Å². The molecule has 0 spiro atoms. The molecule has 11 nitrogen and oxygen atoms in total. The Balaban J connectivity index is 0.980. The predicted octanol–water partition coefficient (Wildman–Crippen LogP) is 5.99. The monoisotopic (exact) mass is 705 g/mol. The summed E-state index contributed by atoms with van der Waals surface area (Å²) in [5, 5.41) is 20.3. The van der Waals surface area contributed by atoms with Gasteiger partial charge in [-0.15, -0.1) is 0 Å². The van der Waals surface area contributed by atoms with Crippen molar-refractivity contribution in [1.29, 1.82) is 0 Å². The van der Waals surface area contributed by atoms with E-state index in [1.165, 1.54) is 0 Å². The molecule has 2 amide bonds. The topological polar surface area (TPSA) is 133 Å². The van der Waals surface area contributed by atoms with Gasteiger partial charge in [-0.3, -0.25) is 14.5 Å². The number of rotatable bonds is 9. The molecular weight excluding hydrogens is 661 g/mol. The summed E-state index contributed by atoms with van der Waals surface area (Å²) < 4.78 is 22.4. The van der Waals surface area contributed by atoms with E-state index in [0.29, 0.717) is 55.8 Å². The first-order valence-electron chi connectivity index (χ1n) is 17.9. The Morgan fingerprint density at radius 2 is 1.62 bits per heavy atom. The molecule has 0 unspecified atom stereocenters. The number of aromatic nitrogens is 3. The second kappa shape index (κ2) is 15.1. The van der Waals surface area contributed by atoms with Crippen molar-refractivity contribution in [2.75, 3.05) is 13.1 Å². The molecule has 2 aromatic carbocycles. The second-order valence-corrected chi connectivity index (χ2v) is 14.2. The minimum absolute atomic E-state index is 0.00521. The Morgan fingerprint density at radius 3 is 2.35 bits per heavy atom. The van der Waals surface area contributed by atoms with Crippen LogP contribution in [0.4, 0.5) is 4.39 Å². The fourth-order valence-electron chi connectivity index (χ4n) is 7.39. The lowest BCUT2D eigenvalue weighted by Gasteiger charge is -2.36. The highest BCUT2D eigenvalue weighted by molar-refractivity contribution is 5.96. The van der Waals surface area contributed by atoms with Crippen LogP contribution in [0.25, 0.3) is 16.8 Å². The molecule has 0 radical (unpaired) electrons. The largest absolute Gasteiger partial charge is 0.508 e. The van der Waals surface area contributed by atoms with Gasteiger partial charge in [-0.25, -0.2) is 14.4 Å². The lowest BCUT2D eigenvalue weighted by Crippen LogP contribution is -2.53. The quantitative estimate of drug-likeness (QED) is 0.147. The van der Waals surface area contributed by atoms with E-state index in [1.807, 2.05) is 59.9 Å². The van der Waals surface area contributed by atoms with Crippen molar-refractivity contribution in [3.63, 3.8) is 0 Å². The average molecular weight is 706 g/mol. The summed E-state index contributed by atoms with van der Waals surface area (Å²) in [6.45, 7) is 8.70. The molecular formula is C40H44FN7O4. The first-order valence-corrected chi connectivity index (χ1v) is 17.9. The number of hydrogen-bond donors (Lipinski definition) is 4. The van der Waals surface area contributed by atoms with Gasteiger partial charge in [0.25, 0.3) is 11.8 Å². The number of amides is 2. The highest BCUT2D eigenvalue weighted by atomic mass is 19.1. The van der Waals surface area contributed by atoms with E-state index in [-0.39, 0.29) is 35.2 Å². The number of nitrogens with zero attached hydrogens (tertiary/aromatic N) is 4. The van der Waals surface area contributed by atoms with Gasteiger partial charge < -0.3 is 30.2 Å². The third-order valence-electron chi connectivity index (χ3n) is 9.88. The summed E-state index contributed by atoms with van der Waals surface area (Å²) in [5.41, 5.74) is 4.66. The number of phenols is 1. The highest BCUT2D eigenvalue weighted by Gasteiger charge is 2.27. The molecule has 1 aliphatic heterocycles. The number of phenolic OH excluding ortho intramolecular Hbond substituents is 1. The van der Waals surface area contributed by atoms with Crippen LogP contribution in [-0.4, -0.2) is 73.4 Å². The Kier molecular flexibility index (Phi) is 10.2. The van der Waals surface area contributed by atoms with Gasteiger partial charge in [-0.1, -0.05) is 24.3 Å². The number of carbonyl (C=O) groups excluding carboxylic acids is 2. The molecule has 2 aliphatic rings. The molecule has 7 rings (SSSR count). The first-order chi connectivity index (χ1) is 25.1. The third-order valence-corrected chi connectivity index (χ3v) is 9.88. The zero-order valence-electron chi connectivity index (χ0n) is 29.6. The van der Waals surface area contributed by atoms with Gasteiger partial charge in [0, 0.05) is 61.3 Å². The van der Waals surface area contributed by atoms with Crippen molar-refractivity contribution in [1.82, 2.24) is 35.2 Å². The van der Waals surface area contributed by atoms with E-state index in [9.17, 15) is 19.1 Å². The molecule has 3 aromatic heterocycles. The summed E-state index contributed by atoms with van der Waals surface area (Å²) in [4.78, 5) is 37.4. The number of ether oxygens (including phenoxy) is 1. The number of fused-ring (bicyclic) bond motifs is 1. The highest BCUT2D eigenvalue weighted by Crippen LogP contribution is 2.32. The number of piperazine rings is 1. The first kappa shape index (κ1) is 35.1. The number of aromatic hydroxyl groups is 1. The molecule has 5 aromatic rings. The fourth-order valence-corrected chi connectivity index (χ4v) is 7.39. The number of aryl methyl sites for hydroxylation is 1.